The molecule has 0 radical (unpaired) electrons. The summed E-state index contributed by atoms with van der Waals surface area (Å²) in [5, 5.41) is 12.0. The van der Waals surface area contributed by atoms with E-state index in [-0.39, 0.29) is 5.84 Å². The third-order valence-electron chi connectivity index (χ3n) is 2.88. The Bertz CT molecular complexity index is 497. The molecule has 2 rings (SSSR count). The highest BCUT2D eigenvalue weighted by atomic mass is 35.5. The van der Waals surface area contributed by atoms with E-state index in [1.165, 1.54) is 0 Å². The van der Waals surface area contributed by atoms with E-state index in [1.807, 2.05) is 6.07 Å². The molecule has 0 atom stereocenters. The molecule has 0 spiro atoms. The first-order valence-corrected chi connectivity index (χ1v) is 7.36. The minimum absolute atomic E-state index is 0.00806. The second-order valence-electron chi connectivity index (χ2n) is 3.98. The van der Waals surface area contributed by atoms with E-state index in [0.29, 0.717) is 22.1 Å². The summed E-state index contributed by atoms with van der Waals surface area (Å²) in [6.45, 7) is 1.51. The number of hydrogen-bond acceptors (Lipinski definition) is 4. The number of nitrogens with zero attached hydrogens (tertiary/aromatic N) is 2. The zero-order valence-electron chi connectivity index (χ0n) is 9.67. The number of anilines is 1. The minimum Gasteiger partial charge on any atom is -0.409 e. The van der Waals surface area contributed by atoms with E-state index in [2.05, 4.69) is 10.1 Å². The van der Waals surface area contributed by atoms with Crippen molar-refractivity contribution in [3.63, 3.8) is 0 Å². The standard InChI is InChI=1S/C11H14ClN3O2S/c12-10-7-8(1-2-9(10)11(13)14-16)15-3-5-18(17)6-4-15/h1-2,7,16H,3-6H2,(H2,13,14). The van der Waals surface area contributed by atoms with Crippen LogP contribution in [-0.4, -0.2) is 39.8 Å². The van der Waals surface area contributed by atoms with Crippen molar-refractivity contribution in [3.05, 3.63) is 28.8 Å². The predicted octanol–water partition coefficient (Wildman–Crippen LogP) is 1.00. The molecule has 3 N–H and O–H groups in total. The molecule has 1 aromatic carbocycles. The predicted molar refractivity (Wildman–Crippen MR) is 74.1 cm³/mol. The highest BCUT2D eigenvalue weighted by Crippen LogP contribution is 2.24. The molecular formula is C11H14ClN3O2S. The summed E-state index contributed by atoms with van der Waals surface area (Å²) in [5.41, 5.74) is 6.97. The normalized spacial score (nSPS) is 18.1. The van der Waals surface area contributed by atoms with Crippen LogP contribution in [0.25, 0.3) is 0 Å². The van der Waals surface area contributed by atoms with Crippen LogP contribution in [0.5, 0.6) is 0 Å². The van der Waals surface area contributed by atoms with Gasteiger partial charge in [-0.05, 0) is 18.2 Å². The van der Waals surface area contributed by atoms with Crippen LogP contribution in [0, 0.1) is 0 Å². The molecule has 1 aliphatic rings. The highest BCUT2D eigenvalue weighted by Gasteiger charge is 2.16. The zero-order chi connectivity index (χ0) is 13.1. The van der Waals surface area contributed by atoms with Gasteiger partial charge in [-0.3, -0.25) is 4.21 Å². The van der Waals surface area contributed by atoms with Gasteiger partial charge in [0.25, 0.3) is 0 Å². The second kappa shape index (κ2) is 5.58. The second-order valence-corrected chi connectivity index (χ2v) is 6.09. The molecule has 1 heterocycles. The number of benzene rings is 1. The van der Waals surface area contributed by atoms with Crippen LogP contribution in [0.15, 0.2) is 23.4 Å². The number of halogens is 1. The van der Waals surface area contributed by atoms with Gasteiger partial charge in [-0.1, -0.05) is 16.8 Å². The van der Waals surface area contributed by atoms with Crippen molar-refractivity contribution in [1.29, 1.82) is 0 Å². The van der Waals surface area contributed by atoms with Crippen LogP contribution < -0.4 is 10.6 Å². The first kappa shape index (κ1) is 13.2. The van der Waals surface area contributed by atoms with Gasteiger partial charge in [-0.25, -0.2) is 0 Å². The Morgan fingerprint density at radius 2 is 2.11 bits per heavy atom. The van der Waals surface area contributed by atoms with Gasteiger partial charge in [0.1, 0.15) is 0 Å². The summed E-state index contributed by atoms with van der Waals surface area (Å²) in [5.74, 6) is 1.35. The maximum atomic E-state index is 11.3. The summed E-state index contributed by atoms with van der Waals surface area (Å²) >= 11 is 6.09. The molecule has 0 saturated carbocycles. The molecule has 18 heavy (non-hydrogen) atoms. The number of hydrogen-bond donors (Lipinski definition) is 2. The van der Waals surface area contributed by atoms with Gasteiger partial charge < -0.3 is 15.8 Å². The highest BCUT2D eigenvalue weighted by molar-refractivity contribution is 7.85. The summed E-state index contributed by atoms with van der Waals surface area (Å²) in [7, 11) is -0.700. The molecule has 7 heteroatoms. The fraction of sp³-hybridized carbons (Fsp3) is 0.364. The Balaban J connectivity index is 2.21. The average Bonchev–Trinajstić information content (AvgIpc) is 2.38. The van der Waals surface area contributed by atoms with Crippen molar-refractivity contribution < 1.29 is 9.42 Å². The summed E-state index contributed by atoms with van der Waals surface area (Å²) in [4.78, 5) is 2.13. The molecule has 1 aliphatic heterocycles. The van der Waals surface area contributed by atoms with Gasteiger partial charge in [0, 0.05) is 46.6 Å². The van der Waals surface area contributed by atoms with Crippen molar-refractivity contribution in [2.75, 3.05) is 29.5 Å². The largest absolute Gasteiger partial charge is 0.409 e. The smallest absolute Gasteiger partial charge is 0.171 e. The van der Waals surface area contributed by atoms with Crippen molar-refractivity contribution >= 4 is 33.9 Å². The lowest BCUT2D eigenvalue weighted by atomic mass is 10.1. The monoisotopic (exact) mass is 287 g/mol. The van der Waals surface area contributed by atoms with Crippen LogP contribution >= 0.6 is 11.6 Å². The van der Waals surface area contributed by atoms with Gasteiger partial charge in [-0.15, -0.1) is 0 Å². The topological polar surface area (TPSA) is 78.9 Å². The van der Waals surface area contributed by atoms with Crippen molar-refractivity contribution in [2.24, 2.45) is 10.9 Å². The molecule has 0 aromatic heterocycles. The third-order valence-corrected chi connectivity index (χ3v) is 4.47. The van der Waals surface area contributed by atoms with Crippen LogP contribution in [0.4, 0.5) is 5.69 Å². The van der Waals surface area contributed by atoms with E-state index in [4.69, 9.17) is 22.5 Å². The molecule has 0 amide bonds. The Kier molecular flexibility index (Phi) is 4.08. The fourth-order valence-corrected chi connectivity index (χ4v) is 3.18. The number of oxime groups is 1. The fourth-order valence-electron chi connectivity index (χ4n) is 1.86. The molecule has 98 valence electrons. The van der Waals surface area contributed by atoms with Crippen LogP contribution in [-0.2, 0) is 10.8 Å². The van der Waals surface area contributed by atoms with Crippen LogP contribution in [0.3, 0.4) is 0 Å². The lowest BCUT2D eigenvalue weighted by Crippen LogP contribution is -2.37. The first-order valence-electron chi connectivity index (χ1n) is 5.49. The van der Waals surface area contributed by atoms with Crippen molar-refractivity contribution in [2.45, 2.75) is 0 Å². The lowest BCUT2D eigenvalue weighted by molar-refractivity contribution is 0.318. The molecule has 0 bridgehead atoms. The molecule has 0 unspecified atom stereocenters. The Morgan fingerprint density at radius 1 is 1.44 bits per heavy atom. The minimum atomic E-state index is -0.700. The zero-order valence-corrected chi connectivity index (χ0v) is 11.2. The lowest BCUT2D eigenvalue weighted by Gasteiger charge is -2.28. The molecule has 5 nitrogen and oxygen atoms in total. The van der Waals surface area contributed by atoms with Crippen molar-refractivity contribution in [1.82, 2.24) is 0 Å². The number of nitrogens with two attached hydrogens (primary N) is 1. The third kappa shape index (κ3) is 2.76. The van der Waals surface area contributed by atoms with E-state index >= 15 is 0 Å². The molecule has 1 fully saturated rings. The van der Waals surface area contributed by atoms with Gasteiger partial charge in [0.2, 0.25) is 0 Å². The number of rotatable bonds is 2. The summed E-state index contributed by atoms with van der Waals surface area (Å²) in [6.07, 6.45) is 0. The first-order chi connectivity index (χ1) is 8.61. The molecule has 1 saturated heterocycles. The van der Waals surface area contributed by atoms with E-state index in [9.17, 15) is 4.21 Å². The average molecular weight is 288 g/mol. The molecule has 0 aliphatic carbocycles. The van der Waals surface area contributed by atoms with Gasteiger partial charge in [-0.2, -0.15) is 0 Å². The maximum Gasteiger partial charge on any atom is 0.171 e. The molecular weight excluding hydrogens is 274 g/mol. The summed E-state index contributed by atoms with van der Waals surface area (Å²) < 4.78 is 11.3. The van der Waals surface area contributed by atoms with Crippen LogP contribution in [0.2, 0.25) is 5.02 Å². The Labute approximate surface area is 113 Å². The maximum absolute atomic E-state index is 11.3. The summed E-state index contributed by atoms with van der Waals surface area (Å²) in [6, 6.07) is 5.37. The van der Waals surface area contributed by atoms with Gasteiger partial charge in [0.05, 0.1) is 5.02 Å². The quantitative estimate of drug-likeness (QED) is 0.368. The van der Waals surface area contributed by atoms with E-state index in [0.717, 1.165) is 18.8 Å². The SMILES string of the molecule is NC(=NO)c1ccc(N2CCS(=O)CC2)cc1Cl. The molecule has 1 aromatic rings. The van der Waals surface area contributed by atoms with Crippen LogP contribution in [0.1, 0.15) is 5.56 Å². The van der Waals surface area contributed by atoms with Gasteiger partial charge >= 0.3 is 0 Å². The Hall–Kier alpha value is -1.27. The van der Waals surface area contributed by atoms with E-state index in [1.54, 1.807) is 12.1 Å². The number of amidine groups is 1. The Morgan fingerprint density at radius 3 is 2.67 bits per heavy atom. The van der Waals surface area contributed by atoms with Crippen molar-refractivity contribution in [3.8, 4) is 0 Å². The van der Waals surface area contributed by atoms with E-state index < -0.39 is 10.8 Å². The van der Waals surface area contributed by atoms with Gasteiger partial charge in [0.15, 0.2) is 5.84 Å².